The SMILES string of the molecule is CCc1cccc(C)c1NC(=O)CN1C(=O)CSc2ccc(S(=O)(=O)N(CC)CC)cc21. The summed E-state index contributed by atoms with van der Waals surface area (Å²) in [5, 5.41) is 2.94. The molecule has 0 saturated heterocycles. The third kappa shape index (κ3) is 4.84. The van der Waals surface area contributed by atoms with Crippen LogP contribution in [0, 0.1) is 6.92 Å². The lowest BCUT2D eigenvalue weighted by molar-refractivity contribution is -0.120. The number of carbonyl (C=O) groups excluding carboxylic acids is 2. The van der Waals surface area contributed by atoms with Crippen LogP contribution in [0.4, 0.5) is 11.4 Å². The van der Waals surface area contributed by atoms with Crippen molar-refractivity contribution in [2.45, 2.75) is 43.9 Å². The number of aryl methyl sites for hydroxylation is 2. The van der Waals surface area contributed by atoms with Crippen molar-refractivity contribution in [3.05, 3.63) is 47.5 Å². The molecule has 0 spiro atoms. The fraction of sp³-hybridized carbons (Fsp3) is 0.391. The molecule has 7 nitrogen and oxygen atoms in total. The Labute approximate surface area is 194 Å². The highest BCUT2D eigenvalue weighted by atomic mass is 32.2. The van der Waals surface area contributed by atoms with Gasteiger partial charge in [-0.15, -0.1) is 11.8 Å². The number of benzene rings is 2. The number of hydrogen-bond donors (Lipinski definition) is 1. The van der Waals surface area contributed by atoms with E-state index in [0.29, 0.717) is 18.8 Å². The minimum Gasteiger partial charge on any atom is -0.324 e. The second kappa shape index (κ2) is 10.1. The minimum atomic E-state index is -3.68. The molecule has 0 radical (unpaired) electrons. The van der Waals surface area contributed by atoms with Crippen LogP contribution in [0.5, 0.6) is 0 Å². The van der Waals surface area contributed by atoms with E-state index >= 15 is 0 Å². The van der Waals surface area contributed by atoms with Crippen molar-refractivity contribution in [1.82, 2.24) is 4.31 Å². The fourth-order valence-corrected chi connectivity index (χ4v) is 6.15. The van der Waals surface area contributed by atoms with Crippen molar-refractivity contribution in [1.29, 1.82) is 0 Å². The maximum Gasteiger partial charge on any atom is 0.244 e. The Morgan fingerprint density at radius 2 is 1.88 bits per heavy atom. The molecule has 1 N–H and O–H groups in total. The summed E-state index contributed by atoms with van der Waals surface area (Å²) in [4.78, 5) is 27.9. The number of para-hydroxylation sites is 1. The molecule has 0 saturated carbocycles. The Morgan fingerprint density at radius 3 is 2.53 bits per heavy atom. The molecule has 9 heteroatoms. The third-order valence-corrected chi connectivity index (χ3v) is 8.62. The van der Waals surface area contributed by atoms with Crippen molar-refractivity contribution < 1.29 is 18.0 Å². The smallest absolute Gasteiger partial charge is 0.244 e. The predicted octanol–water partition coefficient (Wildman–Crippen LogP) is 3.67. The predicted molar refractivity (Wildman–Crippen MR) is 129 cm³/mol. The molecule has 0 unspecified atom stereocenters. The fourth-order valence-electron chi connectivity index (χ4n) is 3.75. The number of sulfonamides is 1. The van der Waals surface area contributed by atoms with Crippen molar-refractivity contribution in [2.75, 3.05) is 35.6 Å². The molecular formula is C23H29N3O4S2. The van der Waals surface area contributed by atoms with Gasteiger partial charge in [-0.25, -0.2) is 8.42 Å². The summed E-state index contributed by atoms with van der Waals surface area (Å²) in [6, 6.07) is 10.6. The van der Waals surface area contributed by atoms with E-state index in [-0.39, 0.29) is 29.0 Å². The molecule has 172 valence electrons. The number of thioether (sulfide) groups is 1. The molecule has 2 amide bonds. The van der Waals surface area contributed by atoms with E-state index in [1.54, 1.807) is 26.0 Å². The van der Waals surface area contributed by atoms with Gasteiger partial charge in [-0.2, -0.15) is 4.31 Å². The average molecular weight is 476 g/mol. The number of nitrogens with zero attached hydrogens (tertiary/aromatic N) is 2. The van der Waals surface area contributed by atoms with E-state index in [9.17, 15) is 18.0 Å². The van der Waals surface area contributed by atoms with Gasteiger partial charge in [0.25, 0.3) is 0 Å². The summed E-state index contributed by atoms with van der Waals surface area (Å²) < 4.78 is 27.3. The van der Waals surface area contributed by atoms with Crippen LogP contribution in [0.15, 0.2) is 46.2 Å². The standard InChI is InChI=1S/C23H29N3O4S2/c1-5-17-10-8-9-16(4)23(17)24-21(27)14-26-19-13-18(32(29,30)25(6-2)7-3)11-12-20(19)31-15-22(26)28/h8-13H,5-7,14-15H2,1-4H3,(H,24,27). The van der Waals surface area contributed by atoms with Crippen molar-refractivity contribution in [3.8, 4) is 0 Å². The maximum absolute atomic E-state index is 13.0. The summed E-state index contributed by atoms with van der Waals surface area (Å²) in [6.45, 7) is 8.04. The van der Waals surface area contributed by atoms with Gasteiger partial charge in [-0.3, -0.25) is 9.59 Å². The highest BCUT2D eigenvalue weighted by molar-refractivity contribution is 8.00. The molecular weight excluding hydrogens is 446 g/mol. The highest BCUT2D eigenvalue weighted by Crippen LogP contribution is 2.37. The summed E-state index contributed by atoms with van der Waals surface area (Å²) in [5.41, 5.74) is 3.19. The molecule has 0 atom stereocenters. The Hall–Kier alpha value is -2.36. The maximum atomic E-state index is 13.0. The zero-order chi connectivity index (χ0) is 23.5. The number of anilines is 2. The molecule has 1 aliphatic heterocycles. The van der Waals surface area contributed by atoms with Gasteiger partial charge >= 0.3 is 0 Å². The van der Waals surface area contributed by atoms with Crippen LogP contribution < -0.4 is 10.2 Å². The van der Waals surface area contributed by atoms with Gasteiger partial charge in [0.2, 0.25) is 21.8 Å². The van der Waals surface area contributed by atoms with Crippen LogP contribution in [0.3, 0.4) is 0 Å². The average Bonchev–Trinajstić information content (AvgIpc) is 2.77. The lowest BCUT2D eigenvalue weighted by Gasteiger charge is -2.29. The van der Waals surface area contributed by atoms with Crippen molar-refractivity contribution >= 4 is 45.0 Å². The first-order chi connectivity index (χ1) is 15.2. The van der Waals surface area contributed by atoms with Crippen LogP contribution in [0.2, 0.25) is 0 Å². The monoisotopic (exact) mass is 475 g/mol. The normalized spacial score (nSPS) is 13.9. The molecule has 32 heavy (non-hydrogen) atoms. The largest absolute Gasteiger partial charge is 0.324 e. The molecule has 0 fully saturated rings. The summed E-state index contributed by atoms with van der Waals surface area (Å²) in [7, 11) is -3.68. The van der Waals surface area contributed by atoms with Crippen LogP contribution in [-0.2, 0) is 26.0 Å². The molecule has 2 aromatic rings. The summed E-state index contributed by atoms with van der Waals surface area (Å²) in [6.07, 6.45) is 0.770. The van der Waals surface area contributed by atoms with E-state index in [4.69, 9.17) is 0 Å². The van der Waals surface area contributed by atoms with Crippen LogP contribution >= 0.6 is 11.8 Å². The van der Waals surface area contributed by atoms with Crippen molar-refractivity contribution in [3.63, 3.8) is 0 Å². The van der Waals surface area contributed by atoms with E-state index in [2.05, 4.69) is 5.32 Å². The molecule has 3 rings (SSSR count). The Kier molecular flexibility index (Phi) is 7.63. The second-order valence-electron chi connectivity index (χ2n) is 7.50. The van der Waals surface area contributed by atoms with Crippen LogP contribution in [0.1, 0.15) is 31.9 Å². The van der Waals surface area contributed by atoms with E-state index in [0.717, 1.165) is 28.1 Å². The first-order valence-corrected chi connectivity index (χ1v) is 13.1. The van der Waals surface area contributed by atoms with Gasteiger partial charge in [0.15, 0.2) is 0 Å². The molecule has 0 aliphatic carbocycles. The third-order valence-electron chi connectivity index (χ3n) is 5.52. The highest BCUT2D eigenvalue weighted by Gasteiger charge is 2.30. The molecule has 0 bridgehead atoms. The zero-order valence-electron chi connectivity index (χ0n) is 18.8. The first kappa shape index (κ1) is 24.3. The first-order valence-electron chi connectivity index (χ1n) is 10.7. The summed E-state index contributed by atoms with van der Waals surface area (Å²) >= 11 is 1.35. The van der Waals surface area contributed by atoms with E-state index < -0.39 is 10.0 Å². The lowest BCUT2D eigenvalue weighted by Crippen LogP contribution is -2.41. The van der Waals surface area contributed by atoms with Gasteiger partial charge < -0.3 is 10.2 Å². The van der Waals surface area contributed by atoms with Gasteiger partial charge in [-0.1, -0.05) is 39.0 Å². The number of rotatable bonds is 8. The quantitative estimate of drug-likeness (QED) is 0.630. The minimum absolute atomic E-state index is 0.118. The van der Waals surface area contributed by atoms with E-state index in [1.165, 1.54) is 27.0 Å². The molecule has 2 aromatic carbocycles. The number of fused-ring (bicyclic) bond motifs is 1. The Balaban J connectivity index is 1.91. The lowest BCUT2D eigenvalue weighted by atomic mass is 10.1. The van der Waals surface area contributed by atoms with E-state index in [1.807, 2.05) is 32.0 Å². The Morgan fingerprint density at radius 1 is 1.16 bits per heavy atom. The zero-order valence-corrected chi connectivity index (χ0v) is 20.5. The van der Waals surface area contributed by atoms with Crippen molar-refractivity contribution in [2.24, 2.45) is 0 Å². The Bertz CT molecular complexity index is 1130. The molecule has 1 aliphatic rings. The van der Waals surface area contributed by atoms with Gasteiger partial charge in [0, 0.05) is 23.7 Å². The molecule has 1 heterocycles. The van der Waals surface area contributed by atoms with Gasteiger partial charge in [0.1, 0.15) is 6.54 Å². The number of carbonyl (C=O) groups is 2. The van der Waals surface area contributed by atoms with Gasteiger partial charge in [-0.05, 0) is 42.7 Å². The number of nitrogens with one attached hydrogen (secondary N) is 1. The molecule has 0 aromatic heterocycles. The van der Waals surface area contributed by atoms with Crippen LogP contribution in [0.25, 0.3) is 0 Å². The number of hydrogen-bond acceptors (Lipinski definition) is 5. The topological polar surface area (TPSA) is 86.8 Å². The second-order valence-corrected chi connectivity index (χ2v) is 10.5. The van der Waals surface area contributed by atoms with Crippen LogP contribution in [-0.4, -0.2) is 49.9 Å². The summed E-state index contributed by atoms with van der Waals surface area (Å²) in [5.74, 6) is -0.347. The number of amides is 2. The van der Waals surface area contributed by atoms with Gasteiger partial charge in [0.05, 0.1) is 16.3 Å².